The van der Waals surface area contributed by atoms with Gasteiger partial charge in [-0.05, 0) is 35.0 Å². The lowest BCUT2D eigenvalue weighted by atomic mass is 10.2. The lowest BCUT2D eigenvalue weighted by Gasteiger charge is -2.16. The van der Waals surface area contributed by atoms with Crippen LogP contribution in [-0.4, -0.2) is 33.5 Å². The summed E-state index contributed by atoms with van der Waals surface area (Å²) >= 11 is 3.25. The number of carbonyl (C=O) groups is 2. The van der Waals surface area contributed by atoms with Gasteiger partial charge in [-0.2, -0.15) is 0 Å². The number of carboxylic acid groups (broad SMARTS) is 1. The quantitative estimate of drug-likeness (QED) is 0.851. The molecule has 0 aromatic carbocycles. The van der Waals surface area contributed by atoms with Gasteiger partial charge in [0.2, 0.25) is 5.91 Å². The van der Waals surface area contributed by atoms with Crippen molar-refractivity contribution in [3.63, 3.8) is 0 Å². The summed E-state index contributed by atoms with van der Waals surface area (Å²) in [6.45, 7) is 1.56. The van der Waals surface area contributed by atoms with Crippen LogP contribution in [0.4, 0.5) is 0 Å². The number of rotatable bonds is 5. The number of aryl methyl sites for hydroxylation is 1. The molecule has 0 bridgehead atoms. The number of halogens is 1. The lowest BCUT2D eigenvalue weighted by molar-refractivity contribution is -0.131. The molecule has 0 radical (unpaired) electrons. The monoisotopic (exact) mass is 382 g/mol. The van der Waals surface area contributed by atoms with Gasteiger partial charge in [0.15, 0.2) is 0 Å². The highest BCUT2D eigenvalue weighted by atomic mass is 79.9. The minimum absolute atomic E-state index is 0.0732. The van der Waals surface area contributed by atoms with Gasteiger partial charge in [0.05, 0.1) is 6.54 Å². The predicted molar refractivity (Wildman–Crippen MR) is 85.3 cm³/mol. The Morgan fingerprint density at radius 1 is 1.39 bits per heavy atom. The molecule has 1 amide bonds. The smallest absolute Gasteiger partial charge is 0.339 e. The van der Waals surface area contributed by atoms with Crippen LogP contribution in [0.1, 0.15) is 21.9 Å². The Balaban J connectivity index is 2.08. The van der Waals surface area contributed by atoms with Crippen molar-refractivity contribution in [1.29, 1.82) is 0 Å². The lowest BCUT2D eigenvalue weighted by Crippen LogP contribution is -2.33. The second-order valence-electron chi connectivity index (χ2n) is 5.05. The highest BCUT2D eigenvalue weighted by Crippen LogP contribution is 2.16. The third-order valence-corrected chi connectivity index (χ3v) is 3.74. The van der Waals surface area contributed by atoms with Crippen LogP contribution in [0.2, 0.25) is 0 Å². The molecule has 23 heavy (non-hydrogen) atoms. The summed E-state index contributed by atoms with van der Waals surface area (Å²) in [5.41, 5.74) is -0.207. The third-order valence-electron chi connectivity index (χ3n) is 3.27. The van der Waals surface area contributed by atoms with E-state index in [0.29, 0.717) is 10.2 Å². The Morgan fingerprint density at radius 3 is 2.70 bits per heavy atom. The van der Waals surface area contributed by atoms with Gasteiger partial charge in [0.25, 0.3) is 5.56 Å². The SMILES string of the molecule is Cc1oc(CN(C)C(=O)Cn2cc(Br)ccc2=O)cc1C(=O)O. The van der Waals surface area contributed by atoms with E-state index in [9.17, 15) is 14.4 Å². The van der Waals surface area contributed by atoms with Crippen LogP contribution in [0.3, 0.4) is 0 Å². The van der Waals surface area contributed by atoms with Gasteiger partial charge in [-0.15, -0.1) is 0 Å². The molecule has 0 atom stereocenters. The molecule has 8 heteroatoms. The first-order valence-electron chi connectivity index (χ1n) is 6.70. The van der Waals surface area contributed by atoms with Crippen molar-refractivity contribution in [2.45, 2.75) is 20.0 Å². The van der Waals surface area contributed by atoms with Crippen molar-refractivity contribution < 1.29 is 19.1 Å². The van der Waals surface area contributed by atoms with Gasteiger partial charge in [-0.25, -0.2) is 4.79 Å². The van der Waals surface area contributed by atoms with Crippen LogP contribution >= 0.6 is 15.9 Å². The summed E-state index contributed by atoms with van der Waals surface area (Å²) in [5, 5.41) is 8.99. The number of pyridine rings is 1. The number of hydrogen-bond donors (Lipinski definition) is 1. The van der Waals surface area contributed by atoms with E-state index in [1.165, 1.54) is 27.8 Å². The molecule has 0 saturated carbocycles. The number of nitrogens with zero attached hydrogens (tertiary/aromatic N) is 2. The van der Waals surface area contributed by atoms with Gasteiger partial charge in [-0.3, -0.25) is 9.59 Å². The first-order chi connectivity index (χ1) is 10.8. The van der Waals surface area contributed by atoms with Crippen LogP contribution in [0.15, 0.2) is 38.1 Å². The summed E-state index contributed by atoms with van der Waals surface area (Å²) in [7, 11) is 1.56. The molecular formula is C15H15BrN2O5. The van der Waals surface area contributed by atoms with Crippen molar-refractivity contribution in [3.05, 3.63) is 56.3 Å². The van der Waals surface area contributed by atoms with E-state index in [1.54, 1.807) is 20.0 Å². The molecule has 2 rings (SSSR count). The van der Waals surface area contributed by atoms with E-state index in [4.69, 9.17) is 9.52 Å². The number of carbonyl (C=O) groups excluding carboxylic acids is 1. The maximum Gasteiger partial charge on any atom is 0.339 e. The zero-order chi connectivity index (χ0) is 17.1. The highest BCUT2D eigenvalue weighted by molar-refractivity contribution is 9.10. The molecule has 0 fully saturated rings. The van der Waals surface area contributed by atoms with Gasteiger partial charge in [0, 0.05) is 23.8 Å². The average Bonchev–Trinajstić information content (AvgIpc) is 2.83. The molecule has 122 valence electrons. The van der Waals surface area contributed by atoms with Crippen LogP contribution in [0.5, 0.6) is 0 Å². The number of aromatic carboxylic acids is 1. The summed E-state index contributed by atoms with van der Waals surface area (Å²) in [5.74, 6) is -0.711. The van der Waals surface area contributed by atoms with Crippen LogP contribution in [-0.2, 0) is 17.9 Å². The summed E-state index contributed by atoms with van der Waals surface area (Å²) < 4.78 is 7.32. The van der Waals surface area contributed by atoms with Gasteiger partial charge >= 0.3 is 5.97 Å². The van der Waals surface area contributed by atoms with Crippen LogP contribution in [0.25, 0.3) is 0 Å². The minimum Gasteiger partial charge on any atom is -0.478 e. The first-order valence-corrected chi connectivity index (χ1v) is 7.50. The number of hydrogen-bond acceptors (Lipinski definition) is 4. The van der Waals surface area contributed by atoms with E-state index < -0.39 is 5.97 Å². The average molecular weight is 383 g/mol. The Hall–Kier alpha value is -2.35. The molecular weight excluding hydrogens is 368 g/mol. The number of amides is 1. The molecule has 0 unspecified atom stereocenters. The van der Waals surface area contributed by atoms with Crippen molar-refractivity contribution in [2.75, 3.05) is 7.05 Å². The fourth-order valence-corrected chi connectivity index (χ4v) is 2.43. The van der Waals surface area contributed by atoms with Crippen LogP contribution < -0.4 is 5.56 Å². The molecule has 2 heterocycles. The molecule has 2 aromatic rings. The van der Waals surface area contributed by atoms with Crippen molar-refractivity contribution in [3.8, 4) is 0 Å². The van der Waals surface area contributed by atoms with Crippen LogP contribution in [0, 0.1) is 6.92 Å². The zero-order valence-corrected chi connectivity index (χ0v) is 14.2. The fraction of sp³-hybridized carbons (Fsp3) is 0.267. The van der Waals surface area contributed by atoms with Gasteiger partial charge in [-0.1, -0.05) is 0 Å². The number of furan rings is 1. The summed E-state index contributed by atoms with van der Waals surface area (Å²) in [4.78, 5) is 36.3. The molecule has 0 aliphatic carbocycles. The summed E-state index contributed by atoms with van der Waals surface area (Å²) in [6.07, 6.45) is 1.54. The molecule has 0 aliphatic heterocycles. The Morgan fingerprint density at radius 2 is 2.09 bits per heavy atom. The minimum atomic E-state index is -1.08. The standard InChI is InChI=1S/C15H15BrN2O5/c1-9-12(15(21)22)5-11(23-9)7-17(2)14(20)8-18-6-10(16)3-4-13(18)19/h3-6H,7-8H2,1-2H3,(H,21,22). The normalized spacial score (nSPS) is 10.6. The Bertz CT molecular complexity index is 808. The highest BCUT2D eigenvalue weighted by Gasteiger charge is 2.17. The molecule has 0 spiro atoms. The van der Waals surface area contributed by atoms with E-state index in [1.807, 2.05) is 0 Å². The molecule has 1 N–H and O–H groups in total. The number of aromatic nitrogens is 1. The van der Waals surface area contributed by atoms with Crippen molar-refractivity contribution in [2.24, 2.45) is 0 Å². The first kappa shape index (κ1) is 17.0. The van der Waals surface area contributed by atoms with E-state index in [-0.39, 0.29) is 35.9 Å². The topological polar surface area (TPSA) is 92.8 Å². The van der Waals surface area contributed by atoms with Gasteiger partial charge in [0.1, 0.15) is 23.6 Å². The Labute approximate surface area is 140 Å². The zero-order valence-electron chi connectivity index (χ0n) is 12.6. The number of likely N-dealkylation sites (N-methyl/N-ethyl adjacent to an activating group) is 1. The summed E-state index contributed by atoms with van der Waals surface area (Å²) in [6, 6.07) is 4.37. The third kappa shape index (κ3) is 4.10. The van der Waals surface area contributed by atoms with Crippen molar-refractivity contribution in [1.82, 2.24) is 9.47 Å². The molecule has 2 aromatic heterocycles. The van der Waals surface area contributed by atoms with E-state index in [2.05, 4.69) is 15.9 Å². The van der Waals surface area contributed by atoms with Gasteiger partial charge < -0.3 is 19.0 Å². The Kier molecular flexibility index (Phi) is 5.05. The molecule has 7 nitrogen and oxygen atoms in total. The second-order valence-corrected chi connectivity index (χ2v) is 5.97. The largest absolute Gasteiger partial charge is 0.478 e. The van der Waals surface area contributed by atoms with E-state index in [0.717, 1.165) is 0 Å². The maximum absolute atomic E-state index is 12.2. The predicted octanol–water partition coefficient (Wildman–Crippen LogP) is 1.87. The molecule has 0 saturated heterocycles. The maximum atomic E-state index is 12.2. The second kappa shape index (κ2) is 6.82. The van der Waals surface area contributed by atoms with E-state index >= 15 is 0 Å². The fourth-order valence-electron chi connectivity index (χ4n) is 2.05. The molecule has 0 aliphatic rings. The van der Waals surface area contributed by atoms with Crippen molar-refractivity contribution >= 4 is 27.8 Å². The number of carboxylic acids is 1.